The maximum absolute atomic E-state index is 12.1. The Morgan fingerprint density at radius 1 is 1.32 bits per heavy atom. The number of amides is 1. The van der Waals surface area contributed by atoms with Gasteiger partial charge in [-0.1, -0.05) is 19.9 Å². The van der Waals surface area contributed by atoms with Gasteiger partial charge in [-0.2, -0.15) is 0 Å². The van der Waals surface area contributed by atoms with Gasteiger partial charge in [0.25, 0.3) is 5.91 Å². The van der Waals surface area contributed by atoms with Crippen LogP contribution >= 0.6 is 11.3 Å². The fourth-order valence-corrected chi connectivity index (χ4v) is 2.81. The number of carbonyl (C=O) groups excluding carboxylic acids is 1. The van der Waals surface area contributed by atoms with Crippen LogP contribution in [0.25, 0.3) is 0 Å². The second-order valence-corrected chi connectivity index (χ2v) is 5.80. The molecule has 0 unspecified atom stereocenters. The van der Waals surface area contributed by atoms with Gasteiger partial charge in [0.1, 0.15) is 4.88 Å². The first-order valence-electron chi connectivity index (χ1n) is 6.31. The van der Waals surface area contributed by atoms with Crippen LogP contribution in [0.1, 0.15) is 46.3 Å². The van der Waals surface area contributed by atoms with Crippen LogP contribution in [0.15, 0.2) is 23.7 Å². The van der Waals surface area contributed by atoms with Gasteiger partial charge in [-0.3, -0.25) is 4.79 Å². The van der Waals surface area contributed by atoms with Crippen LogP contribution in [0.4, 0.5) is 5.69 Å². The number of hydrogen-bond donors (Lipinski definition) is 1. The Bertz CT molecular complexity index is 602. The molecule has 4 heteroatoms. The van der Waals surface area contributed by atoms with Gasteiger partial charge < -0.3 is 5.32 Å². The molecule has 2 aromatic rings. The molecule has 1 aromatic carbocycles. The molecule has 0 spiro atoms. The number of nitrogens with zero attached hydrogens (tertiary/aromatic N) is 1. The number of carbonyl (C=O) groups is 1. The Morgan fingerprint density at radius 3 is 2.58 bits per heavy atom. The number of aromatic nitrogens is 1. The van der Waals surface area contributed by atoms with E-state index in [1.807, 2.05) is 19.1 Å². The Kier molecular flexibility index (Phi) is 4.00. The molecule has 19 heavy (non-hydrogen) atoms. The molecule has 2 rings (SSSR count). The lowest BCUT2D eigenvalue weighted by Gasteiger charge is -2.12. The molecular weight excluding hydrogens is 256 g/mol. The normalized spacial score (nSPS) is 10.8. The third-order valence-corrected chi connectivity index (χ3v) is 4.03. The highest BCUT2D eigenvalue weighted by atomic mass is 32.1. The summed E-state index contributed by atoms with van der Waals surface area (Å²) in [5.41, 5.74) is 5.82. The summed E-state index contributed by atoms with van der Waals surface area (Å²) in [5, 5.41) is 2.92. The van der Waals surface area contributed by atoms with E-state index in [0.717, 1.165) is 11.4 Å². The van der Waals surface area contributed by atoms with Crippen LogP contribution in [0.2, 0.25) is 0 Å². The van der Waals surface area contributed by atoms with Gasteiger partial charge in [-0.05, 0) is 43.0 Å². The summed E-state index contributed by atoms with van der Waals surface area (Å²) in [6.07, 6.45) is 0. The first-order valence-corrected chi connectivity index (χ1v) is 7.19. The molecular formula is C15H18N2OS. The summed E-state index contributed by atoms with van der Waals surface area (Å²) < 4.78 is 0. The summed E-state index contributed by atoms with van der Waals surface area (Å²) in [6.45, 7) is 8.25. The van der Waals surface area contributed by atoms with E-state index in [4.69, 9.17) is 0 Å². The molecule has 0 saturated heterocycles. The average molecular weight is 274 g/mol. The summed E-state index contributed by atoms with van der Waals surface area (Å²) in [4.78, 5) is 16.8. The topological polar surface area (TPSA) is 42.0 Å². The van der Waals surface area contributed by atoms with E-state index < -0.39 is 0 Å². The highest BCUT2D eigenvalue weighted by Crippen LogP contribution is 2.23. The van der Waals surface area contributed by atoms with E-state index in [1.165, 1.54) is 22.5 Å². The van der Waals surface area contributed by atoms with E-state index >= 15 is 0 Å². The number of aryl methyl sites for hydroxylation is 2. The van der Waals surface area contributed by atoms with Crippen LogP contribution < -0.4 is 5.32 Å². The van der Waals surface area contributed by atoms with Crippen molar-refractivity contribution < 1.29 is 4.79 Å². The minimum Gasteiger partial charge on any atom is -0.321 e. The lowest BCUT2D eigenvalue weighted by molar-refractivity contribution is 0.103. The maximum atomic E-state index is 12.1. The number of benzene rings is 1. The summed E-state index contributed by atoms with van der Waals surface area (Å²) in [5.74, 6) is 0.408. The molecule has 0 saturated carbocycles. The number of rotatable bonds is 3. The Hall–Kier alpha value is -1.68. The van der Waals surface area contributed by atoms with Crippen LogP contribution in [0.3, 0.4) is 0 Å². The van der Waals surface area contributed by atoms with Gasteiger partial charge in [0.15, 0.2) is 0 Å². The standard InChI is InChI=1S/C15H18N2OS/c1-9(2)13-6-5-12(7-10(13)3)17-15(18)14-11(4)16-8-19-14/h5-9H,1-4H3,(H,17,18). The maximum Gasteiger partial charge on any atom is 0.267 e. The highest BCUT2D eigenvalue weighted by Gasteiger charge is 2.12. The first-order chi connectivity index (χ1) is 8.99. The molecule has 1 heterocycles. The summed E-state index contributed by atoms with van der Waals surface area (Å²) in [7, 11) is 0. The zero-order chi connectivity index (χ0) is 14.0. The minimum absolute atomic E-state index is 0.0864. The van der Waals surface area contributed by atoms with Gasteiger partial charge in [0.2, 0.25) is 0 Å². The number of thiazole rings is 1. The van der Waals surface area contributed by atoms with Gasteiger partial charge in [-0.15, -0.1) is 11.3 Å². The third kappa shape index (κ3) is 3.01. The van der Waals surface area contributed by atoms with Crippen molar-refractivity contribution in [3.63, 3.8) is 0 Å². The molecule has 1 amide bonds. The summed E-state index contributed by atoms with van der Waals surface area (Å²) in [6, 6.07) is 6.05. The van der Waals surface area contributed by atoms with Gasteiger partial charge in [-0.25, -0.2) is 4.98 Å². The van der Waals surface area contributed by atoms with Gasteiger partial charge >= 0.3 is 0 Å². The van der Waals surface area contributed by atoms with Crippen molar-refractivity contribution in [3.8, 4) is 0 Å². The largest absolute Gasteiger partial charge is 0.321 e. The second-order valence-electron chi connectivity index (χ2n) is 4.95. The van der Waals surface area contributed by atoms with Crippen LogP contribution in [0.5, 0.6) is 0 Å². The summed E-state index contributed by atoms with van der Waals surface area (Å²) >= 11 is 1.37. The van der Waals surface area contributed by atoms with E-state index in [2.05, 4.69) is 37.1 Å². The molecule has 0 radical (unpaired) electrons. The van der Waals surface area contributed by atoms with Crippen molar-refractivity contribution in [1.82, 2.24) is 4.98 Å². The molecule has 0 bridgehead atoms. The first kappa shape index (κ1) is 13.7. The molecule has 0 atom stereocenters. The SMILES string of the molecule is Cc1cc(NC(=O)c2scnc2C)ccc1C(C)C. The number of hydrogen-bond acceptors (Lipinski definition) is 3. The average Bonchev–Trinajstić information content (AvgIpc) is 2.75. The monoisotopic (exact) mass is 274 g/mol. The number of nitrogens with one attached hydrogen (secondary N) is 1. The Balaban J connectivity index is 2.18. The van der Waals surface area contributed by atoms with Crippen molar-refractivity contribution >= 4 is 22.9 Å². The lowest BCUT2D eigenvalue weighted by Crippen LogP contribution is -2.11. The molecule has 0 aliphatic rings. The molecule has 0 aliphatic carbocycles. The predicted molar refractivity (Wildman–Crippen MR) is 80.1 cm³/mol. The van der Waals surface area contributed by atoms with Crippen molar-refractivity contribution in [1.29, 1.82) is 0 Å². The highest BCUT2D eigenvalue weighted by molar-refractivity contribution is 7.12. The minimum atomic E-state index is -0.0864. The van der Waals surface area contributed by atoms with Crippen LogP contribution in [-0.4, -0.2) is 10.9 Å². The van der Waals surface area contributed by atoms with Gasteiger partial charge in [0, 0.05) is 5.69 Å². The van der Waals surface area contributed by atoms with Crippen molar-refractivity contribution in [2.45, 2.75) is 33.6 Å². The fourth-order valence-electron chi connectivity index (χ4n) is 2.11. The van der Waals surface area contributed by atoms with Crippen molar-refractivity contribution in [2.75, 3.05) is 5.32 Å². The lowest BCUT2D eigenvalue weighted by atomic mass is 9.98. The third-order valence-electron chi connectivity index (χ3n) is 3.10. The zero-order valence-electron chi connectivity index (χ0n) is 11.7. The van der Waals surface area contributed by atoms with E-state index in [1.54, 1.807) is 5.51 Å². The zero-order valence-corrected chi connectivity index (χ0v) is 12.5. The molecule has 0 aliphatic heterocycles. The van der Waals surface area contributed by atoms with E-state index in [-0.39, 0.29) is 5.91 Å². The predicted octanol–water partition coefficient (Wildman–Crippen LogP) is 4.14. The quantitative estimate of drug-likeness (QED) is 0.914. The van der Waals surface area contributed by atoms with Crippen LogP contribution in [0, 0.1) is 13.8 Å². The number of anilines is 1. The molecule has 100 valence electrons. The van der Waals surface area contributed by atoms with Crippen LogP contribution in [-0.2, 0) is 0 Å². The molecule has 1 N–H and O–H groups in total. The molecule has 1 aromatic heterocycles. The Morgan fingerprint density at radius 2 is 2.05 bits per heavy atom. The van der Waals surface area contributed by atoms with Crippen molar-refractivity contribution in [2.24, 2.45) is 0 Å². The molecule has 0 fully saturated rings. The van der Waals surface area contributed by atoms with E-state index in [0.29, 0.717) is 10.8 Å². The second kappa shape index (κ2) is 5.53. The van der Waals surface area contributed by atoms with Crippen molar-refractivity contribution in [3.05, 3.63) is 45.4 Å². The smallest absolute Gasteiger partial charge is 0.267 e. The van der Waals surface area contributed by atoms with Gasteiger partial charge in [0.05, 0.1) is 11.2 Å². The van der Waals surface area contributed by atoms with E-state index in [9.17, 15) is 4.79 Å². The Labute approximate surface area is 117 Å². The fraction of sp³-hybridized carbons (Fsp3) is 0.333. The molecule has 3 nitrogen and oxygen atoms in total.